The van der Waals surface area contributed by atoms with Crippen molar-refractivity contribution in [3.8, 4) is 5.75 Å². The van der Waals surface area contributed by atoms with Crippen LogP contribution in [-0.2, 0) is 17.9 Å². The molecule has 4 rings (SSSR count). The maximum atomic E-state index is 12.3. The summed E-state index contributed by atoms with van der Waals surface area (Å²) in [5.41, 5.74) is 1.89. The number of hydrogen-bond acceptors (Lipinski definition) is 6. The van der Waals surface area contributed by atoms with Gasteiger partial charge in [0.1, 0.15) is 22.6 Å². The Morgan fingerprint density at radius 3 is 2.85 bits per heavy atom. The summed E-state index contributed by atoms with van der Waals surface area (Å²) in [4.78, 5) is 14.1. The predicted molar refractivity (Wildman–Crippen MR) is 101 cm³/mol. The predicted octanol–water partition coefficient (Wildman–Crippen LogP) is 3.09. The molecule has 1 fully saturated rings. The van der Waals surface area contributed by atoms with Crippen molar-refractivity contribution in [2.75, 3.05) is 12.4 Å². The van der Waals surface area contributed by atoms with E-state index in [1.807, 2.05) is 49.5 Å². The summed E-state index contributed by atoms with van der Waals surface area (Å²) in [7, 11) is 0. The third kappa shape index (κ3) is 4.00. The van der Waals surface area contributed by atoms with Crippen molar-refractivity contribution < 1.29 is 13.9 Å². The number of furan rings is 1. The molecular formula is C19H20N4O3S. The Labute approximate surface area is 161 Å². The fourth-order valence-corrected chi connectivity index (χ4v) is 4.11. The van der Waals surface area contributed by atoms with Gasteiger partial charge in [-0.3, -0.25) is 4.79 Å². The van der Waals surface area contributed by atoms with E-state index in [9.17, 15) is 4.79 Å². The van der Waals surface area contributed by atoms with Crippen molar-refractivity contribution in [1.82, 2.24) is 19.9 Å². The smallest absolute Gasteiger partial charge is 0.234 e. The Morgan fingerprint density at radius 2 is 2.11 bits per heavy atom. The Balaban J connectivity index is 1.45. The van der Waals surface area contributed by atoms with E-state index in [0.29, 0.717) is 25.4 Å². The Kier molecular flexibility index (Phi) is 5.15. The Hall–Kier alpha value is -2.74. The number of aromatic nitrogens is 3. The molecule has 27 heavy (non-hydrogen) atoms. The highest BCUT2D eigenvalue weighted by Crippen LogP contribution is 2.38. The van der Waals surface area contributed by atoms with Crippen LogP contribution in [0.3, 0.4) is 0 Å². The van der Waals surface area contributed by atoms with Crippen molar-refractivity contribution in [3.05, 3.63) is 65.9 Å². The van der Waals surface area contributed by atoms with Crippen LogP contribution in [0.2, 0.25) is 0 Å². The van der Waals surface area contributed by atoms with Gasteiger partial charge in [0.15, 0.2) is 0 Å². The summed E-state index contributed by atoms with van der Waals surface area (Å²) < 4.78 is 12.6. The van der Waals surface area contributed by atoms with Crippen LogP contribution in [0.1, 0.15) is 29.3 Å². The van der Waals surface area contributed by atoms with Crippen LogP contribution >= 0.6 is 11.8 Å². The number of nitrogens with zero attached hydrogens (tertiary/aromatic N) is 4. The van der Waals surface area contributed by atoms with Crippen LogP contribution in [0, 0.1) is 0 Å². The molecule has 0 unspecified atom stereocenters. The van der Waals surface area contributed by atoms with Gasteiger partial charge in [-0.1, -0.05) is 17.3 Å². The van der Waals surface area contributed by atoms with Gasteiger partial charge in [-0.15, -0.1) is 16.9 Å². The first-order chi connectivity index (χ1) is 13.2. The van der Waals surface area contributed by atoms with Gasteiger partial charge in [0.2, 0.25) is 5.91 Å². The highest BCUT2D eigenvalue weighted by Gasteiger charge is 2.35. The van der Waals surface area contributed by atoms with Crippen LogP contribution < -0.4 is 4.74 Å². The number of carbonyl (C=O) groups is 1. The molecule has 3 heterocycles. The van der Waals surface area contributed by atoms with Crippen molar-refractivity contribution in [3.63, 3.8) is 0 Å². The second-order valence-corrected chi connectivity index (χ2v) is 7.25. The minimum atomic E-state index is -0.142. The molecule has 0 radical (unpaired) electrons. The van der Waals surface area contributed by atoms with E-state index in [1.54, 1.807) is 27.6 Å². The zero-order valence-electron chi connectivity index (χ0n) is 14.9. The molecule has 7 nitrogen and oxygen atoms in total. The average molecular weight is 384 g/mol. The number of thioether (sulfide) groups is 1. The molecule has 1 aromatic carbocycles. The lowest BCUT2D eigenvalue weighted by Crippen LogP contribution is -2.27. The minimum Gasteiger partial charge on any atom is -0.494 e. The van der Waals surface area contributed by atoms with Crippen molar-refractivity contribution >= 4 is 17.7 Å². The van der Waals surface area contributed by atoms with Gasteiger partial charge in [0.25, 0.3) is 0 Å². The van der Waals surface area contributed by atoms with Gasteiger partial charge in [-0.05, 0) is 36.8 Å². The van der Waals surface area contributed by atoms with Gasteiger partial charge < -0.3 is 14.1 Å². The summed E-state index contributed by atoms with van der Waals surface area (Å²) >= 11 is 1.56. The molecule has 1 amide bonds. The second kappa shape index (κ2) is 7.87. The lowest BCUT2D eigenvalue weighted by atomic mass is 10.2. The molecule has 0 bridgehead atoms. The molecule has 0 saturated carbocycles. The summed E-state index contributed by atoms with van der Waals surface area (Å²) in [6, 6.07) is 11.6. The quantitative estimate of drug-likeness (QED) is 0.623. The molecular weight excluding hydrogens is 364 g/mol. The molecule has 1 atom stereocenters. The Morgan fingerprint density at radius 1 is 1.26 bits per heavy atom. The zero-order chi connectivity index (χ0) is 18.6. The first kappa shape index (κ1) is 17.7. The summed E-state index contributed by atoms with van der Waals surface area (Å²) in [5.74, 6) is 2.15. The lowest BCUT2D eigenvalue weighted by Gasteiger charge is -2.20. The van der Waals surface area contributed by atoms with E-state index in [2.05, 4.69) is 10.3 Å². The maximum absolute atomic E-state index is 12.3. The topological polar surface area (TPSA) is 73.4 Å². The van der Waals surface area contributed by atoms with E-state index >= 15 is 0 Å². The standard InChI is InChI=1S/C19H20N4O3S/c1-2-25-15-7-5-14(6-8-15)10-22-12-17(20-21-22)19-23(18(24)13-27-19)11-16-4-3-9-26-16/h3-9,12,19H,2,10-11,13H2,1H3/t19-/m1/s1. The van der Waals surface area contributed by atoms with E-state index < -0.39 is 0 Å². The number of amides is 1. The fourth-order valence-electron chi connectivity index (χ4n) is 2.99. The number of hydrogen-bond donors (Lipinski definition) is 0. The van der Waals surface area contributed by atoms with E-state index in [1.165, 1.54) is 0 Å². The number of ether oxygens (including phenoxy) is 1. The molecule has 1 aliphatic heterocycles. The molecule has 2 aromatic heterocycles. The molecule has 0 N–H and O–H groups in total. The van der Waals surface area contributed by atoms with Gasteiger partial charge in [-0.25, -0.2) is 4.68 Å². The molecule has 1 saturated heterocycles. The molecule has 0 spiro atoms. The largest absolute Gasteiger partial charge is 0.494 e. The highest BCUT2D eigenvalue weighted by molar-refractivity contribution is 8.00. The number of benzene rings is 1. The van der Waals surface area contributed by atoms with Gasteiger partial charge in [0.05, 0.1) is 37.9 Å². The van der Waals surface area contributed by atoms with Crippen LogP contribution in [0.25, 0.3) is 0 Å². The van der Waals surface area contributed by atoms with Crippen LogP contribution in [0.15, 0.2) is 53.3 Å². The van der Waals surface area contributed by atoms with Crippen LogP contribution in [-0.4, -0.2) is 38.2 Å². The lowest BCUT2D eigenvalue weighted by molar-refractivity contribution is -0.128. The normalized spacial score (nSPS) is 16.9. The van der Waals surface area contributed by atoms with Crippen LogP contribution in [0.5, 0.6) is 5.75 Å². The van der Waals surface area contributed by atoms with Crippen LogP contribution in [0.4, 0.5) is 0 Å². The Bertz CT molecular complexity index is 892. The van der Waals surface area contributed by atoms with Crippen molar-refractivity contribution in [2.45, 2.75) is 25.4 Å². The van der Waals surface area contributed by atoms with E-state index in [0.717, 1.165) is 22.8 Å². The molecule has 0 aliphatic carbocycles. The number of rotatable bonds is 7. The first-order valence-electron chi connectivity index (χ1n) is 8.78. The fraction of sp³-hybridized carbons (Fsp3) is 0.316. The minimum absolute atomic E-state index is 0.0856. The van der Waals surface area contributed by atoms with E-state index in [4.69, 9.17) is 9.15 Å². The van der Waals surface area contributed by atoms with Gasteiger partial charge >= 0.3 is 0 Å². The van der Waals surface area contributed by atoms with Crippen molar-refractivity contribution in [1.29, 1.82) is 0 Å². The molecule has 3 aromatic rings. The third-order valence-electron chi connectivity index (χ3n) is 4.26. The summed E-state index contributed by atoms with van der Waals surface area (Å²) in [6.07, 6.45) is 3.52. The molecule has 8 heteroatoms. The summed E-state index contributed by atoms with van der Waals surface area (Å²) in [5, 5.41) is 8.39. The third-order valence-corrected chi connectivity index (χ3v) is 5.49. The monoisotopic (exact) mass is 384 g/mol. The SMILES string of the molecule is CCOc1ccc(Cn2cc([C@H]3SCC(=O)N3Cc3ccco3)nn2)cc1. The molecule has 1 aliphatic rings. The van der Waals surface area contributed by atoms with Gasteiger partial charge in [0, 0.05) is 0 Å². The second-order valence-electron chi connectivity index (χ2n) is 6.18. The molecule has 140 valence electrons. The van der Waals surface area contributed by atoms with Gasteiger partial charge in [-0.2, -0.15) is 0 Å². The maximum Gasteiger partial charge on any atom is 0.234 e. The zero-order valence-corrected chi connectivity index (χ0v) is 15.8. The number of carbonyl (C=O) groups excluding carboxylic acids is 1. The van der Waals surface area contributed by atoms with E-state index in [-0.39, 0.29) is 11.3 Å². The summed E-state index contributed by atoms with van der Waals surface area (Å²) in [6.45, 7) is 3.67. The highest BCUT2D eigenvalue weighted by atomic mass is 32.2. The van der Waals surface area contributed by atoms with Crippen molar-refractivity contribution in [2.24, 2.45) is 0 Å². The average Bonchev–Trinajstić information content (AvgIpc) is 3.41. The first-order valence-corrected chi connectivity index (χ1v) is 9.83.